The Kier molecular flexibility index (Phi) is 3.87. The summed E-state index contributed by atoms with van der Waals surface area (Å²) in [4.78, 5) is 12.2. The molecule has 2 aromatic carbocycles. The number of Topliss-reactive ketones (excluding diaryl/α,β-unsaturated/α-hetero) is 1. The van der Waals surface area contributed by atoms with Crippen LogP contribution in [-0.4, -0.2) is 31.7 Å². The van der Waals surface area contributed by atoms with E-state index in [0.29, 0.717) is 0 Å². The second-order valence-electron chi connectivity index (χ2n) is 5.22. The highest BCUT2D eigenvalue weighted by atomic mass is 32.2. The van der Waals surface area contributed by atoms with E-state index in [4.69, 9.17) is 4.74 Å². The molecule has 3 rings (SSSR count). The number of ketones is 1. The average molecular weight is 356 g/mol. The van der Waals surface area contributed by atoms with Crippen molar-refractivity contribution in [1.29, 1.82) is 0 Å². The molecule has 2 atom stereocenters. The first-order valence-corrected chi connectivity index (χ1v) is 8.43. The number of para-hydroxylation sites is 1. The van der Waals surface area contributed by atoms with Gasteiger partial charge in [-0.2, -0.15) is 13.2 Å². The summed E-state index contributed by atoms with van der Waals surface area (Å²) in [6.07, 6.45) is -7.78. The SMILES string of the molecule is O=C1c2ccccc2O[C@H](C(F)(F)F)[C@H]1S(=O)(=O)c1ccccc1. The molecule has 0 unspecified atom stereocenters. The maximum atomic E-state index is 13.4. The molecule has 0 saturated carbocycles. The molecule has 0 aromatic heterocycles. The summed E-state index contributed by atoms with van der Waals surface area (Å²) in [6.45, 7) is 0. The normalized spacial score (nSPS) is 21.0. The Bertz CT molecular complexity index is 876. The van der Waals surface area contributed by atoms with Gasteiger partial charge in [0.15, 0.2) is 20.9 Å². The third kappa shape index (κ3) is 2.66. The van der Waals surface area contributed by atoms with Crippen molar-refractivity contribution in [2.45, 2.75) is 22.4 Å². The lowest BCUT2D eigenvalue weighted by atomic mass is 10.00. The van der Waals surface area contributed by atoms with Crippen molar-refractivity contribution in [3.05, 3.63) is 60.2 Å². The van der Waals surface area contributed by atoms with Crippen molar-refractivity contribution in [2.24, 2.45) is 0 Å². The van der Waals surface area contributed by atoms with Gasteiger partial charge >= 0.3 is 6.18 Å². The summed E-state index contributed by atoms with van der Waals surface area (Å²) in [6, 6.07) is 11.9. The van der Waals surface area contributed by atoms with Gasteiger partial charge < -0.3 is 4.74 Å². The van der Waals surface area contributed by atoms with E-state index in [1.807, 2.05) is 0 Å². The third-order valence-electron chi connectivity index (χ3n) is 3.67. The van der Waals surface area contributed by atoms with Gasteiger partial charge in [-0.25, -0.2) is 8.42 Å². The van der Waals surface area contributed by atoms with Gasteiger partial charge in [-0.05, 0) is 24.3 Å². The Morgan fingerprint density at radius 1 is 0.917 bits per heavy atom. The van der Waals surface area contributed by atoms with E-state index in [-0.39, 0.29) is 16.2 Å². The van der Waals surface area contributed by atoms with Crippen LogP contribution in [0, 0.1) is 0 Å². The lowest BCUT2D eigenvalue weighted by Crippen LogP contribution is -2.54. The van der Waals surface area contributed by atoms with Crippen molar-refractivity contribution in [3.63, 3.8) is 0 Å². The number of carbonyl (C=O) groups is 1. The minimum Gasteiger partial charge on any atom is -0.478 e. The standard InChI is InChI=1S/C16H11F3O4S/c17-16(18,19)15-14(24(21,22)10-6-2-1-3-7-10)13(20)11-8-4-5-9-12(11)23-15/h1-9,14-15H/t14-,15-/m0/s1. The number of hydrogen-bond acceptors (Lipinski definition) is 4. The monoisotopic (exact) mass is 356 g/mol. The molecule has 1 heterocycles. The molecule has 2 aromatic rings. The molecule has 0 fully saturated rings. The topological polar surface area (TPSA) is 60.4 Å². The molecule has 0 aliphatic carbocycles. The average Bonchev–Trinajstić information content (AvgIpc) is 2.54. The highest BCUT2D eigenvalue weighted by molar-refractivity contribution is 7.93. The first-order chi connectivity index (χ1) is 11.2. The molecule has 1 aliphatic rings. The number of alkyl halides is 3. The number of carbonyl (C=O) groups excluding carboxylic acids is 1. The summed E-state index contributed by atoms with van der Waals surface area (Å²) in [5, 5.41) is -2.38. The number of benzene rings is 2. The van der Waals surface area contributed by atoms with E-state index in [1.165, 1.54) is 42.5 Å². The van der Waals surface area contributed by atoms with Crippen LogP contribution in [0.3, 0.4) is 0 Å². The van der Waals surface area contributed by atoms with Gasteiger partial charge in [-0.3, -0.25) is 4.79 Å². The Balaban J connectivity index is 2.18. The maximum Gasteiger partial charge on any atom is 0.427 e. The molecule has 126 valence electrons. The number of halogens is 3. The minimum absolute atomic E-state index is 0.178. The second-order valence-corrected chi connectivity index (χ2v) is 7.29. The lowest BCUT2D eigenvalue weighted by molar-refractivity contribution is -0.194. The number of fused-ring (bicyclic) bond motifs is 1. The molecule has 4 nitrogen and oxygen atoms in total. The van der Waals surface area contributed by atoms with Crippen LogP contribution in [-0.2, 0) is 9.84 Å². The fourth-order valence-corrected chi connectivity index (χ4v) is 4.33. The van der Waals surface area contributed by atoms with E-state index in [9.17, 15) is 26.4 Å². The zero-order valence-electron chi connectivity index (χ0n) is 12.0. The van der Waals surface area contributed by atoms with Crippen LogP contribution in [0.15, 0.2) is 59.5 Å². The van der Waals surface area contributed by atoms with Crippen molar-refractivity contribution in [3.8, 4) is 5.75 Å². The maximum absolute atomic E-state index is 13.4. The highest BCUT2D eigenvalue weighted by Gasteiger charge is 2.58. The first kappa shape index (κ1) is 16.5. The van der Waals surface area contributed by atoms with Crippen molar-refractivity contribution >= 4 is 15.6 Å². The van der Waals surface area contributed by atoms with Crippen LogP contribution < -0.4 is 4.74 Å². The second kappa shape index (κ2) is 5.62. The number of rotatable bonds is 2. The van der Waals surface area contributed by atoms with E-state index in [2.05, 4.69) is 0 Å². The summed E-state index contributed by atoms with van der Waals surface area (Å²) in [7, 11) is -4.58. The van der Waals surface area contributed by atoms with Crippen LogP contribution >= 0.6 is 0 Å². The predicted octanol–water partition coefficient (Wildman–Crippen LogP) is 3.04. The van der Waals surface area contributed by atoms with Gasteiger partial charge in [-0.15, -0.1) is 0 Å². The quantitative estimate of drug-likeness (QED) is 0.830. The first-order valence-electron chi connectivity index (χ1n) is 6.88. The number of sulfone groups is 1. The fourth-order valence-electron chi connectivity index (χ4n) is 2.56. The Labute approximate surface area is 135 Å². The van der Waals surface area contributed by atoms with E-state index in [0.717, 1.165) is 12.1 Å². The summed E-state index contributed by atoms with van der Waals surface area (Å²) >= 11 is 0. The number of ether oxygens (including phenoxy) is 1. The molecule has 1 aliphatic heterocycles. The molecule has 0 amide bonds. The zero-order chi connectivity index (χ0) is 17.5. The summed E-state index contributed by atoms with van der Waals surface area (Å²) in [5.41, 5.74) is -0.178. The largest absolute Gasteiger partial charge is 0.478 e. The van der Waals surface area contributed by atoms with Crippen LogP contribution in [0.25, 0.3) is 0 Å². The number of hydrogen-bond donors (Lipinski definition) is 0. The van der Waals surface area contributed by atoms with Gasteiger partial charge in [0.05, 0.1) is 10.5 Å². The lowest BCUT2D eigenvalue weighted by Gasteiger charge is -2.33. The smallest absolute Gasteiger partial charge is 0.427 e. The van der Waals surface area contributed by atoms with Crippen molar-refractivity contribution < 1.29 is 31.1 Å². The van der Waals surface area contributed by atoms with Gasteiger partial charge in [-0.1, -0.05) is 30.3 Å². The summed E-state index contributed by atoms with van der Waals surface area (Å²) in [5.74, 6) is -1.40. The third-order valence-corrected chi connectivity index (χ3v) is 5.73. The molecule has 0 saturated heterocycles. The molecular weight excluding hydrogens is 345 g/mol. The van der Waals surface area contributed by atoms with Gasteiger partial charge in [0.25, 0.3) is 0 Å². The molecule has 0 bridgehead atoms. The van der Waals surface area contributed by atoms with Crippen molar-refractivity contribution in [2.75, 3.05) is 0 Å². The van der Waals surface area contributed by atoms with E-state index >= 15 is 0 Å². The molecule has 24 heavy (non-hydrogen) atoms. The van der Waals surface area contributed by atoms with Crippen LogP contribution in [0.1, 0.15) is 10.4 Å². The van der Waals surface area contributed by atoms with Gasteiger partial charge in [0.2, 0.25) is 6.10 Å². The minimum atomic E-state index is -5.02. The molecular formula is C16H11F3O4S. The molecule has 8 heteroatoms. The van der Waals surface area contributed by atoms with Crippen LogP contribution in [0.2, 0.25) is 0 Å². The zero-order valence-corrected chi connectivity index (χ0v) is 12.8. The Morgan fingerprint density at radius 3 is 2.12 bits per heavy atom. The van der Waals surface area contributed by atoms with E-state index in [1.54, 1.807) is 0 Å². The fraction of sp³-hybridized carbons (Fsp3) is 0.188. The molecule has 0 radical (unpaired) electrons. The molecule has 0 spiro atoms. The van der Waals surface area contributed by atoms with Crippen molar-refractivity contribution in [1.82, 2.24) is 0 Å². The van der Waals surface area contributed by atoms with Crippen LogP contribution in [0.5, 0.6) is 5.75 Å². The molecule has 0 N–H and O–H groups in total. The van der Waals surface area contributed by atoms with E-state index < -0.39 is 33.2 Å². The predicted molar refractivity (Wildman–Crippen MR) is 78.7 cm³/mol. The highest BCUT2D eigenvalue weighted by Crippen LogP contribution is 2.39. The van der Waals surface area contributed by atoms with Gasteiger partial charge in [0, 0.05) is 0 Å². The van der Waals surface area contributed by atoms with Gasteiger partial charge in [0.1, 0.15) is 5.75 Å². The van der Waals surface area contributed by atoms with Crippen LogP contribution in [0.4, 0.5) is 13.2 Å². The Hall–Kier alpha value is -2.35. The summed E-state index contributed by atoms with van der Waals surface area (Å²) < 4.78 is 70.3. The Morgan fingerprint density at radius 2 is 1.50 bits per heavy atom.